The number of aliphatic imine (C=N–C) groups is 1. The maximum absolute atomic E-state index is 11.2. The van der Waals surface area contributed by atoms with Gasteiger partial charge in [-0.3, -0.25) is 4.79 Å². The predicted molar refractivity (Wildman–Crippen MR) is 48.1 cm³/mol. The summed E-state index contributed by atoms with van der Waals surface area (Å²) in [6.45, 7) is 1.70. The predicted octanol–water partition coefficient (Wildman–Crippen LogP) is -0.122. The quantitative estimate of drug-likeness (QED) is 0.507. The first-order valence-electron chi connectivity index (χ1n) is 3.59. The summed E-state index contributed by atoms with van der Waals surface area (Å²) in [7, 11) is 0. The first kappa shape index (κ1) is 9.18. The van der Waals surface area contributed by atoms with E-state index in [9.17, 15) is 9.59 Å². The number of allylic oxidation sites excluding steroid dienone is 3. The number of carbonyl (C=O) groups is 2. The molecule has 4 N–H and O–H groups in total. The standard InChI is InChI=1S/C8H9N3O2/c1-4-2-7(12)6(3-5(4)9)11-8(10)13/h2-3H,9H2,1H3,(H2,10,13). The van der Waals surface area contributed by atoms with Crippen LogP contribution in [0.15, 0.2) is 28.4 Å². The lowest BCUT2D eigenvalue weighted by molar-refractivity contribution is -0.108. The van der Waals surface area contributed by atoms with Gasteiger partial charge in [0.2, 0.25) is 5.78 Å². The number of primary amides is 1. The summed E-state index contributed by atoms with van der Waals surface area (Å²) in [5.41, 5.74) is 11.4. The van der Waals surface area contributed by atoms with Crippen molar-refractivity contribution in [2.75, 3.05) is 0 Å². The van der Waals surface area contributed by atoms with Crippen molar-refractivity contribution < 1.29 is 9.59 Å². The zero-order chi connectivity index (χ0) is 10.0. The molecule has 0 radical (unpaired) electrons. The van der Waals surface area contributed by atoms with Gasteiger partial charge < -0.3 is 11.5 Å². The molecule has 0 unspecified atom stereocenters. The van der Waals surface area contributed by atoms with E-state index in [0.29, 0.717) is 11.3 Å². The molecule has 0 aliphatic heterocycles. The molecule has 0 spiro atoms. The van der Waals surface area contributed by atoms with Gasteiger partial charge in [0, 0.05) is 5.70 Å². The van der Waals surface area contributed by atoms with Gasteiger partial charge in [0.15, 0.2) is 0 Å². The number of urea groups is 1. The number of nitrogens with zero attached hydrogens (tertiary/aromatic N) is 1. The molecular weight excluding hydrogens is 170 g/mol. The monoisotopic (exact) mass is 179 g/mol. The Hall–Kier alpha value is -1.91. The lowest BCUT2D eigenvalue weighted by Crippen LogP contribution is -2.20. The molecular formula is C8H9N3O2. The number of ketones is 1. The highest BCUT2D eigenvalue weighted by molar-refractivity contribution is 6.50. The molecule has 0 heterocycles. The van der Waals surface area contributed by atoms with Gasteiger partial charge in [-0.15, -0.1) is 0 Å². The number of amides is 2. The Labute approximate surface area is 74.8 Å². The minimum atomic E-state index is -0.902. The zero-order valence-corrected chi connectivity index (χ0v) is 7.07. The van der Waals surface area contributed by atoms with Crippen molar-refractivity contribution in [2.24, 2.45) is 16.5 Å². The molecule has 68 valence electrons. The third kappa shape index (κ3) is 2.02. The summed E-state index contributed by atoms with van der Waals surface area (Å²) in [6.07, 6.45) is 2.65. The summed E-state index contributed by atoms with van der Waals surface area (Å²) < 4.78 is 0. The van der Waals surface area contributed by atoms with E-state index >= 15 is 0 Å². The van der Waals surface area contributed by atoms with Crippen LogP contribution in [0.1, 0.15) is 6.92 Å². The Morgan fingerprint density at radius 3 is 2.62 bits per heavy atom. The Morgan fingerprint density at radius 2 is 2.08 bits per heavy atom. The smallest absolute Gasteiger partial charge is 0.339 e. The maximum Gasteiger partial charge on any atom is 0.339 e. The zero-order valence-electron chi connectivity index (χ0n) is 7.07. The highest BCUT2D eigenvalue weighted by Crippen LogP contribution is 2.09. The minimum absolute atomic E-state index is 0.0180. The van der Waals surface area contributed by atoms with Crippen LogP contribution in [0.4, 0.5) is 4.79 Å². The van der Waals surface area contributed by atoms with Gasteiger partial charge in [0.25, 0.3) is 0 Å². The Morgan fingerprint density at radius 1 is 1.46 bits per heavy atom. The molecule has 0 saturated carbocycles. The van der Waals surface area contributed by atoms with Crippen LogP contribution in [0.3, 0.4) is 0 Å². The van der Waals surface area contributed by atoms with Gasteiger partial charge in [-0.2, -0.15) is 4.99 Å². The van der Waals surface area contributed by atoms with Crippen LogP contribution in [0, 0.1) is 0 Å². The molecule has 1 aliphatic rings. The fraction of sp³-hybridized carbons (Fsp3) is 0.125. The summed E-state index contributed by atoms with van der Waals surface area (Å²) in [6, 6.07) is -0.902. The van der Waals surface area contributed by atoms with Gasteiger partial charge in [0.05, 0.1) is 0 Å². The van der Waals surface area contributed by atoms with Crippen LogP contribution in [0.25, 0.3) is 0 Å². The SMILES string of the molecule is CC1=CC(=O)C(=NC(N)=O)C=C1N. The molecule has 1 aliphatic carbocycles. The summed E-state index contributed by atoms with van der Waals surface area (Å²) >= 11 is 0. The van der Waals surface area contributed by atoms with Crippen LogP contribution < -0.4 is 11.5 Å². The van der Waals surface area contributed by atoms with Gasteiger partial charge in [-0.1, -0.05) is 0 Å². The van der Waals surface area contributed by atoms with Crippen molar-refractivity contribution in [2.45, 2.75) is 6.92 Å². The van der Waals surface area contributed by atoms with Gasteiger partial charge in [-0.05, 0) is 24.6 Å². The Kier molecular flexibility index (Phi) is 2.27. The molecule has 0 fully saturated rings. The van der Waals surface area contributed by atoms with Crippen LogP contribution in [0.2, 0.25) is 0 Å². The van der Waals surface area contributed by atoms with Crippen molar-refractivity contribution >= 4 is 17.5 Å². The van der Waals surface area contributed by atoms with Crippen molar-refractivity contribution in [3.05, 3.63) is 23.4 Å². The molecule has 0 atom stereocenters. The maximum atomic E-state index is 11.2. The second kappa shape index (κ2) is 3.22. The van der Waals surface area contributed by atoms with Gasteiger partial charge in [0.1, 0.15) is 5.71 Å². The number of carbonyl (C=O) groups excluding carboxylic acids is 2. The van der Waals surface area contributed by atoms with E-state index in [2.05, 4.69) is 4.99 Å². The van der Waals surface area contributed by atoms with E-state index in [0.717, 1.165) is 0 Å². The highest BCUT2D eigenvalue weighted by atomic mass is 16.2. The molecule has 0 aromatic heterocycles. The summed E-state index contributed by atoms with van der Waals surface area (Å²) in [5.74, 6) is -0.356. The van der Waals surface area contributed by atoms with Crippen molar-refractivity contribution in [1.82, 2.24) is 0 Å². The molecule has 5 heteroatoms. The fourth-order valence-corrected chi connectivity index (χ4v) is 0.892. The van der Waals surface area contributed by atoms with Crippen LogP contribution in [-0.2, 0) is 4.79 Å². The fourth-order valence-electron chi connectivity index (χ4n) is 0.892. The first-order chi connectivity index (χ1) is 6.00. The van der Waals surface area contributed by atoms with E-state index < -0.39 is 6.03 Å². The van der Waals surface area contributed by atoms with Crippen molar-refractivity contribution in [3.8, 4) is 0 Å². The molecule has 0 bridgehead atoms. The number of hydrogen-bond acceptors (Lipinski definition) is 3. The molecule has 0 aromatic carbocycles. The van der Waals surface area contributed by atoms with Gasteiger partial charge in [-0.25, -0.2) is 4.79 Å². The molecule has 0 saturated heterocycles. The molecule has 1 rings (SSSR count). The largest absolute Gasteiger partial charge is 0.398 e. The second-order valence-electron chi connectivity index (χ2n) is 2.63. The average molecular weight is 179 g/mol. The summed E-state index contributed by atoms with van der Waals surface area (Å²) in [5, 5.41) is 0. The minimum Gasteiger partial charge on any atom is -0.398 e. The Balaban J connectivity index is 3.07. The lowest BCUT2D eigenvalue weighted by Gasteiger charge is -2.07. The number of rotatable bonds is 0. The lowest BCUT2D eigenvalue weighted by atomic mass is 10.0. The summed E-state index contributed by atoms with van der Waals surface area (Å²) in [4.78, 5) is 24.9. The van der Waals surface area contributed by atoms with Crippen LogP contribution in [0.5, 0.6) is 0 Å². The first-order valence-corrected chi connectivity index (χ1v) is 3.59. The van der Waals surface area contributed by atoms with Crippen molar-refractivity contribution in [1.29, 1.82) is 0 Å². The Bertz CT molecular complexity index is 364. The molecule has 0 aromatic rings. The second-order valence-corrected chi connectivity index (χ2v) is 2.63. The van der Waals surface area contributed by atoms with Crippen LogP contribution in [-0.4, -0.2) is 17.5 Å². The van der Waals surface area contributed by atoms with Crippen LogP contribution >= 0.6 is 0 Å². The van der Waals surface area contributed by atoms with E-state index in [1.54, 1.807) is 6.92 Å². The molecule has 2 amide bonds. The van der Waals surface area contributed by atoms with E-state index in [4.69, 9.17) is 11.5 Å². The van der Waals surface area contributed by atoms with E-state index in [1.165, 1.54) is 12.2 Å². The van der Waals surface area contributed by atoms with Gasteiger partial charge >= 0.3 is 6.03 Å². The van der Waals surface area contributed by atoms with Crippen molar-refractivity contribution in [3.63, 3.8) is 0 Å². The van der Waals surface area contributed by atoms with E-state index in [1.807, 2.05) is 0 Å². The topological polar surface area (TPSA) is 98.5 Å². The molecule has 13 heavy (non-hydrogen) atoms. The number of hydrogen-bond donors (Lipinski definition) is 2. The third-order valence-electron chi connectivity index (χ3n) is 1.58. The molecule has 5 nitrogen and oxygen atoms in total. The van der Waals surface area contributed by atoms with E-state index in [-0.39, 0.29) is 11.5 Å². The normalized spacial score (nSPS) is 19.8. The highest BCUT2D eigenvalue weighted by Gasteiger charge is 2.14. The number of nitrogens with two attached hydrogens (primary N) is 2. The third-order valence-corrected chi connectivity index (χ3v) is 1.58. The average Bonchev–Trinajstić information content (AvgIpc) is 1.99.